The Kier molecular flexibility index (Phi) is 3.71. The van der Waals surface area contributed by atoms with Crippen molar-refractivity contribution in [2.45, 2.75) is 44.4 Å². The molecule has 3 aliphatic rings. The molecule has 1 aliphatic carbocycles. The molecule has 4 rings (SSSR count). The van der Waals surface area contributed by atoms with Gasteiger partial charge in [0.1, 0.15) is 0 Å². The van der Waals surface area contributed by atoms with Gasteiger partial charge in [0.25, 0.3) is 0 Å². The molecule has 1 amide bonds. The number of carbonyl (C=O) groups is 1. The number of nitrogens with one attached hydrogen (secondary N) is 1. The van der Waals surface area contributed by atoms with Gasteiger partial charge in [-0.3, -0.25) is 9.69 Å². The van der Waals surface area contributed by atoms with Gasteiger partial charge in [-0.2, -0.15) is 0 Å². The van der Waals surface area contributed by atoms with Gasteiger partial charge in [-0.15, -0.1) is 11.3 Å². The number of fused-ring (bicyclic) bond motifs is 1. The number of rotatable bonds is 2. The van der Waals surface area contributed by atoms with Crippen molar-refractivity contribution in [1.82, 2.24) is 10.3 Å². The summed E-state index contributed by atoms with van der Waals surface area (Å²) in [7, 11) is 0. The highest BCUT2D eigenvalue weighted by Gasteiger charge is 2.43. The number of hydrogen-bond acceptors (Lipinski definition) is 4. The van der Waals surface area contributed by atoms with E-state index in [0.29, 0.717) is 11.8 Å². The number of amides is 1. The number of hydrogen-bond donors (Lipinski definition) is 1. The molecule has 1 aromatic rings. The lowest BCUT2D eigenvalue weighted by Gasteiger charge is -2.22. The summed E-state index contributed by atoms with van der Waals surface area (Å²) < 4.78 is 0. The Hall–Kier alpha value is -0.940. The van der Waals surface area contributed by atoms with Gasteiger partial charge >= 0.3 is 0 Å². The summed E-state index contributed by atoms with van der Waals surface area (Å²) in [6.45, 7) is 2.77. The van der Waals surface area contributed by atoms with Crippen LogP contribution in [0.15, 0.2) is 6.20 Å². The standard InChI is InChI=1S/C16H23N3OS/c20-15-13-8-17-7-6-12(13)10-19(15)16-18-9-14(21-16)11-4-2-1-3-5-11/h9,11-13,17H,1-8,10H2/t12-,13-/m1/s1. The van der Waals surface area contributed by atoms with Gasteiger partial charge in [-0.1, -0.05) is 19.3 Å². The molecule has 2 saturated heterocycles. The van der Waals surface area contributed by atoms with Crippen molar-refractivity contribution in [3.05, 3.63) is 11.1 Å². The number of thiazole rings is 1. The van der Waals surface area contributed by atoms with Crippen molar-refractivity contribution in [2.75, 3.05) is 24.5 Å². The molecule has 0 bridgehead atoms. The van der Waals surface area contributed by atoms with Gasteiger partial charge in [0.2, 0.25) is 5.91 Å². The van der Waals surface area contributed by atoms with Crippen LogP contribution in [-0.4, -0.2) is 30.5 Å². The summed E-state index contributed by atoms with van der Waals surface area (Å²) in [5.41, 5.74) is 0. The zero-order chi connectivity index (χ0) is 14.2. The van der Waals surface area contributed by atoms with E-state index in [1.165, 1.54) is 37.0 Å². The van der Waals surface area contributed by atoms with Crippen LogP contribution in [-0.2, 0) is 4.79 Å². The van der Waals surface area contributed by atoms with Gasteiger partial charge in [0, 0.05) is 24.2 Å². The minimum absolute atomic E-state index is 0.181. The van der Waals surface area contributed by atoms with Crippen LogP contribution in [0.5, 0.6) is 0 Å². The molecule has 2 atom stereocenters. The van der Waals surface area contributed by atoms with Crippen LogP contribution in [0, 0.1) is 11.8 Å². The maximum atomic E-state index is 12.6. The fourth-order valence-electron chi connectivity index (χ4n) is 4.09. The van der Waals surface area contributed by atoms with E-state index in [9.17, 15) is 4.79 Å². The largest absolute Gasteiger partial charge is 0.316 e. The van der Waals surface area contributed by atoms with E-state index in [4.69, 9.17) is 0 Å². The van der Waals surface area contributed by atoms with E-state index in [1.807, 2.05) is 11.1 Å². The molecule has 0 spiro atoms. The second-order valence-electron chi connectivity index (χ2n) is 6.69. The Bertz CT molecular complexity index is 523. The zero-order valence-corrected chi connectivity index (χ0v) is 13.2. The zero-order valence-electron chi connectivity index (χ0n) is 12.4. The van der Waals surface area contributed by atoms with Crippen molar-refractivity contribution in [2.24, 2.45) is 11.8 Å². The topological polar surface area (TPSA) is 45.2 Å². The average molecular weight is 305 g/mol. The second-order valence-corrected chi connectivity index (χ2v) is 7.73. The second kappa shape index (κ2) is 5.69. The van der Waals surface area contributed by atoms with E-state index in [1.54, 1.807) is 11.3 Å². The Labute approximate surface area is 129 Å². The normalized spacial score (nSPS) is 30.7. The van der Waals surface area contributed by atoms with Crippen LogP contribution in [0.1, 0.15) is 49.3 Å². The highest BCUT2D eigenvalue weighted by atomic mass is 32.1. The summed E-state index contributed by atoms with van der Waals surface area (Å²) in [4.78, 5) is 20.5. The molecule has 3 heterocycles. The highest BCUT2D eigenvalue weighted by molar-refractivity contribution is 7.15. The molecule has 0 unspecified atom stereocenters. The van der Waals surface area contributed by atoms with Crippen LogP contribution >= 0.6 is 11.3 Å². The molecule has 21 heavy (non-hydrogen) atoms. The van der Waals surface area contributed by atoms with E-state index in [2.05, 4.69) is 10.3 Å². The molecule has 3 fully saturated rings. The van der Waals surface area contributed by atoms with Gasteiger partial charge in [-0.05, 0) is 37.6 Å². The Morgan fingerprint density at radius 2 is 2.10 bits per heavy atom. The third-order valence-corrected chi connectivity index (χ3v) is 6.56. The number of anilines is 1. The smallest absolute Gasteiger partial charge is 0.233 e. The maximum Gasteiger partial charge on any atom is 0.233 e. The lowest BCUT2D eigenvalue weighted by atomic mass is 9.89. The van der Waals surface area contributed by atoms with Crippen molar-refractivity contribution in [1.29, 1.82) is 0 Å². The fourth-order valence-corrected chi connectivity index (χ4v) is 5.19. The maximum absolute atomic E-state index is 12.6. The summed E-state index contributed by atoms with van der Waals surface area (Å²) in [5, 5.41) is 4.29. The quantitative estimate of drug-likeness (QED) is 0.914. The number of piperidine rings is 1. The molecule has 0 radical (unpaired) electrons. The van der Waals surface area contributed by atoms with Crippen LogP contribution in [0.4, 0.5) is 5.13 Å². The highest BCUT2D eigenvalue weighted by Crippen LogP contribution is 2.40. The minimum Gasteiger partial charge on any atom is -0.316 e. The predicted octanol–water partition coefficient (Wildman–Crippen LogP) is 2.76. The lowest BCUT2D eigenvalue weighted by Crippen LogP contribution is -2.38. The molecule has 114 valence electrons. The van der Waals surface area contributed by atoms with E-state index < -0.39 is 0 Å². The number of nitrogens with zero attached hydrogens (tertiary/aromatic N) is 2. The molecule has 1 aromatic heterocycles. The third-order valence-electron chi connectivity index (χ3n) is 5.38. The first kappa shape index (κ1) is 13.7. The molecule has 0 aromatic carbocycles. The minimum atomic E-state index is 0.181. The lowest BCUT2D eigenvalue weighted by molar-refractivity contribution is -0.121. The monoisotopic (exact) mass is 305 g/mol. The van der Waals surface area contributed by atoms with Crippen molar-refractivity contribution < 1.29 is 4.79 Å². The average Bonchev–Trinajstić information content (AvgIpc) is 3.14. The van der Waals surface area contributed by atoms with Gasteiger partial charge in [0.05, 0.1) is 5.92 Å². The van der Waals surface area contributed by atoms with Crippen molar-refractivity contribution >= 4 is 22.4 Å². The summed E-state index contributed by atoms with van der Waals surface area (Å²) in [5.74, 6) is 1.69. The predicted molar refractivity (Wildman–Crippen MR) is 84.8 cm³/mol. The summed E-state index contributed by atoms with van der Waals surface area (Å²) in [6.07, 6.45) is 9.81. The van der Waals surface area contributed by atoms with E-state index in [0.717, 1.165) is 31.2 Å². The van der Waals surface area contributed by atoms with Crippen LogP contribution < -0.4 is 10.2 Å². The van der Waals surface area contributed by atoms with E-state index in [-0.39, 0.29) is 11.8 Å². The van der Waals surface area contributed by atoms with Gasteiger partial charge < -0.3 is 5.32 Å². The SMILES string of the molecule is O=C1[C@@H]2CNCC[C@@H]2CN1c1ncc(C2CCCCC2)s1. The first-order valence-electron chi connectivity index (χ1n) is 8.31. The fraction of sp³-hybridized carbons (Fsp3) is 0.750. The Morgan fingerprint density at radius 3 is 2.90 bits per heavy atom. The summed E-state index contributed by atoms with van der Waals surface area (Å²) >= 11 is 1.76. The van der Waals surface area contributed by atoms with Crippen LogP contribution in [0.3, 0.4) is 0 Å². The molecule has 1 saturated carbocycles. The first-order valence-corrected chi connectivity index (χ1v) is 9.12. The Balaban J connectivity index is 1.51. The molecule has 2 aliphatic heterocycles. The van der Waals surface area contributed by atoms with E-state index >= 15 is 0 Å². The van der Waals surface area contributed by atoms with Crippen LogP contribution in [0.2, 0.25) is 0 Å². The van der Waals surface area contributed by atoms with Gasteiger partial charge in [0.15, 0.2) is 5.13 Å². The molecule has 5 heteroatoms. The molecule has 4 nitrogen and oxygen atoms in total. The molecular formula is C16H23N3OS. The molecule has 1 N–H and O–H groups in total. The van der Waals surface area contributed by atoms with Gasteiger partial charge in [-0.25, -0.2) is 4.98 Å². The third kappa shape index (κ3) is 2.50. The summed E-state index contributed by atoms with van der Waals surface area (Å²) in [6, 6.07) is 0. The molecular weight excluding hydrogens is 282 g/mol. The Morgan fingerprint density at radius 1 is 1.24 bits per heavy atom. The van der Waals surface area contributed by atoms with Crippen LogP contribution in [0.25, 0.3) is 0 Å². The number of carbonyl (C=O) groups excluding carboxylic acids is 1. The van der Waals surface area contributed by atoms with Crippen molar-refractivity contribution in [3.63, 3.8) is 0 Å². The number of aromatic nitrogens is 1. The van der Waals surface area contributed by atoms with Crippen molar-refractivity contribution in [3.8, 4) is 0 Å². The first-order chi connectivity index (χ1) is 10.3.